The van der Waals surface area contributed by atoms with Crippen LogP contribution < -0.4 is 9.75 Å². The van der Waals surface area contributed by atoms with Gasteiger partial charge in [-0.1, -0.05) is 39.4 Å². The number of carbonyl (C=O) groups is 1. The van der Waals surface area contributed by atoms with Crippen LogP contribution in [0.3, 0.4) is 0 Å². The van der Waals surface area contributed by atoms with Crippen molar-refractivity contribution in [2.24, 2.45) is 5.10 Å². The van der Waals surface area contributed by atoms with Gasteiger partial charge in [0.05, 0.1) is 23.0 Å². The molecule has 0 N–H and O–H groups in total. The number of benzene rings is 3. The second-order valence-corrected chi connectivity index (χ2v) is 8.40. The number of hydrazone groups is 1. The van der Waals surface area contributed by atoms with Crippen molar-refractivity contribution in [1.82, 2.24) is 4.98 Å². The average Bonchev–Trinajstić information content (AvgIpc) is 3.18. The molecule has 0 aliphatic carbocycles. The highest BCUT2D eigenvalue weighted by molar-refractivity contribution is 9.10. The van der Waals surface area contributed by atoms with E-state index < -0.39 is 0 Å². The van der Waals surface area contributed by atoms with Gasteiger partial charge in [-0.25, -0.2) is 9.37 Å². The fourth-order valence-corrected chi connectivity index (χ4v) is 4.30. The SMILES string of the molecule is CCOc1ccc(C(=O)N(/N=C/c2ccc(F)cc2)c2nc3ccc(Br)cc3s2)cc1. The number of hydrogen-bond donors (Lipinski definition) is 0. The number of carbonyl (C=O) groups excluding carboxylic acids is 1. The van der Waals surface area contributed by atoms with Gasteiger partial charge in [0.15, 0.2) is 0 Å². The topological polar surface area (TPSA) is 54.8 Å². The monoisotopic (exact) mass is 497 g/mol. The molecule has 0 unspecified atom stereocenters. The summed E-state index contributed by atoms with van der Waals surface area (Å²) in [4.78, 5) is 17.9. The lowest BCUT2D eigenvalue weighted by Crippen LogP contribution is -2.25. The quantitative estimate of drug-likeness (QED) is 0.232. The molecule has 0 saturated heterocycles. The van der Waals surface area contributed by atoms with Gasteiger partial charge in [0.2, 0.25) is 5.13 Å². The van der Waals surface area contributed by atoms with Crippen molar-refractivity contribution >= 4 is 54.7 Å². The third kappa shape index (κ3) is 4.98. The average molecular weight is 498 g/mol. The highest BCUT2D eigenvalue weighted by Gasteiger charge is 2.21. The van der Waals surface area contributed by atoms with Gasteiger partial charge in [-0.2, -0.15) is 10.1 Å². The summed E-state index contributed by atoms with van der Waals surface area (Å²) in [5.41, 5.74) is 1.87. The van der Waals surface area contributed by atoms with Gasteiger partial charge in [-0.3, -0.25) is 4.79 Å². The Morgan fingerprint density at radius 1 is 1.16 bits per heavy atom. The molecule has 1 aromatic heterocycles. The minimum atomic E-state index is -0.337. The van der Waals surface area contributed by atoms with Crippen molar-refractivity contribution in [3.05, 3.63) is 88.1 Å². The van der Waals surface area contributed by atoms with Crippen LogP contribution >= 0.6 is 27.3 Å². The maximum absolute atomic E-state index is 13.3. The molecule has 0 atom stereocenters. The molecule has 0 fully saturated rings. The molecule has 1 amide bonds. The molecule has 1 heterocycles. The molecule has 8 heteroatoms. The lowest BCUT2D eigenvalue weighted by Gasteiger charge is -2.14. The van der Waals surface area contributed by atoms with Crippen molar-refractivity contribution < 1.29 is 13.9 Å². The number of amides is 1. The third-order valence-electron chi connectivity index (χ3n) is 4.32. The molecular weight excluding hydrogens is 481 g/mol. The minimum absolute atomic E-state index is 0.334. The normalized spacial score (nSPS) is 11.2. The van der Waals surface area contributed by atoms with Gasteiger partial charge >= 0.3 is 0 Å². The molecule has 0 radical (unpaired) electrons. The third-order valence-corrected chi connectivity index (χ3v) is 5.80. The van der Waals surface area contributed by atoms with Crippen molar-refractivity contribution in [2.45, 2.75) is 6.92 Å². The van der Waals surface area contributed by atoms with Crippen molar-refractivity contribution in [3.63, 3.8) is 0 Å². The second kappa shape index (κ2) is 9.36. The molecule has 4 rings (SSSR count). The summed E-state index contributed by atoms with van der Waals surface area (Å²) in [7, 11) is 0. The van der Waals surface area contributed by atoms with E-state index in [1.807, 2.05) is 25.1 Å². The van der Waals surface area contributed by atoms with Crippen LogP contribution in [0.2, 0.25) is 0 Å². The van der Waals surface area contributed by atoms with E-state index in [-0.39, 0.29) is 11.7 Å². The van der Waals surface area contributed by atoms with E-state index in [1.54, 1.807) is 36.4 Å². The fourth-order valence-electron chi connectivity index (χ4n) is 2.82. The number of nitrogens with zero attached hydrogens (tertiary/aromatic N) is 3. The zero-order valence-electron chi connectivity index (χ0n) is 16.5. The molecule has 31 heavy (non-hydrogen) atoms. The lowest BCUT2D eigenvalue weighted by atomic mass is 10.2. The van der Waals surface area contributed by atoms with Crippen molar-refractivity contribution in [2.75, 3.05) is 11.6 Å². The number of aromatic nitrogens is 1. The maximum Gasteiger partial charge on any atom is 0.280 e. The molecule has 0 spiro atoms. The van der Waals surface area contributed by atoms with Crippen LogP contribution in [0, 0.1) is 5.82 Å². The minimum Gasteiger partial charge on any atom is -0.494 e. The number of rotatable bonds is 6. The fraction of sp³-hybridized carbons (Fsp3) is 0.0870. The van der Waals surface area contributed by atoms with E-state index >= 15 is 0 Å². The molecule has 4 aromatic rings. The standard InChI is InChI=1S/C23H17BrFN3O2S/c1-2-30-19-10-5-16(6-11-19)22(29)28(26-14-15-3-8-18(25)9-4-15)23-27-20-12-7-17(24)13-21(20)31-23/h3-14H,2H2,1H3/b26-14+. The molecule has 3 aromatic carbocycles. The van der Waals surface area contributed by atoms with Crippen LogP contribution in [0.4, 0.5) is 9.52 Å². The first-order chi connectivity index (χ1) is 15.0. The molecule has 156 valence electrons. The Balaban J connectivity index is 1.71. The van der Waals surface area contributed by atoms with E-state index in [0.29, 0.717) is 28.6 Å². The Kier molecular flexibility index (Phi) is 6.39. The van der Waals surface area contributed by atoms with Crippen molar-refractivity contribution in [1.29, 1.82) is 0 Å². The number of thiazole rings is 1. The summed E-state index contributed by atoms with van der Waals surface area (Å²) >= 11 is 4.81. The van der Waals surface area contributed by atoms with E-state index in [2.05, 4.69) is 26.0 Å². The van der Waals surface area contributed by atoms with E-state index in [0.717, 1.165) is 14.7 Å². The van der Waals surface area contributed by atoms with Crippen molar-refractivity contribution in [3.8, 4) is 5.75 Å². The molecule has 0 aliphatic heterocycles. The molecule has 0 saturated carbocycles. The van der Waals surface area contributed by atoms with Gasteiger partial charge in [0, 0.05) is 10.0 Å². The van der Waals surface area contributed by atoms with Gasteiger partial charge in [-0.15, -0.1) is 0 Å². The zero-order valence-corrected chi connectivity index (χ0v) is 18.9. The second-order valence-electron chi connectivity index (χ2n) is 6.48. The predicted octanol–water partition coefficient (Wildman–Crippen LogP) is 6.28. The summed E-state index contributed by atoms with van der Waals surface area (Å²) < 4.78 is 20.5. The molecule has 5 nitrogen and oxygen atoms in total. The summed E-state index contributed by atoms with van der Waals surface area (Å²) in [5, 5.41) is 6.08. The van der Waals surface area contributed by atoms with E-state index in [9.17, 15) is 9.18 Å². The Labute approximate surface area is 190 Å². The van der Waals surface area contributed by atoms with Gasteiger partial charge in [0.1, 0.15) is 11.6 Å². The molecule has 0 bridgehead atoms. The number of halogens is 2. The predicted molar refractivity (Wildman–Crippen MR) is 126 cm³/mol. The zero-order chi connectivity index (χ0) is 21.8. The summed E-state index contributed by atoms with van der Waals surface area (Å²) in [6.45, 7) is 2.44. The van der Waals surface area contributed by atoms with Gasteiger partial charge in [-0.05, 0) is 67.1 Å². The Hall–Kier alpha value is -3.10. The first-order valence-electron chi connectivity index (χ1n) is 9.46. The van der Waals surface area contributed by atoms with Crippen LogP contribution in [-0.4, -0.2) is 23.7 Å². The van der Waals surface area contributed by atoms with Gasteiger partial charge < -0.3 is 4.74 Å². The van der Waals surface area contributed by atoms with Crippen LogP contribution in [0.1, 0.15) is 22.8 Å². The van der Waals surface area contributed by atoms with Crippen LogP contribution in [-0.2, 0) is 0 Å². The van der Waals surface area contributed by atoms with Crippen LogP contribution in [0.15, 0.2) is 76.3 Å². The van der Waals surface area contributed by atoms with E-state index in [4.69, 9.17) is 4.74 Å². The smallest absolute Gasteiger partial charge is 0.280 e. The molecule has 0 aliphatic rings. The number of fused-ring (bicyclic) bond motifs is 1. The summed E-state index contributed by atoms with van der Waals surface area (Å²) in [5.74, 6) is 0.0148. The van der Waals surface area contributed by atoms with E-state index in [1.165, 1.54) is 34.7 Å². The number of ether oxygens (including phenoxy) is 1. The Morgan fingerprint density at radius 2 is 1.90 bits per heavy atom. The Bertz CT molecular complexity index is 1240. The summed E-state index contributed by atoms with van der Waals surface area (Å²) in [6, 6.07) is 18.5. The number of anilines is 1. The highest BCUT2D eigenvalue weighted by Crippen LogP contribution is 2.32. The molecular formula is C23H17BrFN3O2S. The van der Waals surface area contributed by atoms with Crippen LogP contribution in [0.5, 0.6) is 5.75 Å². The highest BCUT2D eigenvalue weighted by atomic mass is 79.9. The lowest BCUT2D eigenvalue weighted by molar-refractivity contribution is 0.0988. The summed E-state index contributed by atoms with van der Waals surface area (Å²) in [6.07, 6.45) is 1.51. The van der Waals surface area contributed by atoms with Gasteiger partial charge in [0.25, 0.3) is 5.91 Å². The first-order valence-corrected chi connectivity index (χ1v) is 11.1. The maximum atomic E-state index is 13.3. The largest absolute Gasteiger partial charge is 0.494 e. The van der Waals surface area contributed by atoms with Crippen LogP contribution in [0.25, 0.3) is 10.2 Å². The Morgan fingerprint density at radius 3 is 2.61 bits per heavy atom. The number of hydrogen-bond acceptors (Lipinski definition) is 5. The first kappa shape index (κ1) is 21.1.